The van der Waals surface area contributed by atoms with E-state index in [-0.39, 0.29) is 5.82 Å². The number of nitrogens with one attached hydrogen (secondary N) is 1. The first-order chi connectivity index (χ1) is 12.7. The molecule has 0 saturated carbocycles. The van der Waals surface area contributed by atoms with E-state index in [0.717, 1.165) is 5.56 Å². The fourth-order valence-electron chi connectivity index (χ4n) is 2.10. The van der Waals surface area contributed by atoms with Crippen molar-refractivity contribution in [3.05, 3.63) is 76.2 Å². The first-order valence-corrected chi connectivity index (χ1v) is 8.52. The van der Waals surface area contributed by atoms with Crippen molar-refractivity contribution in [2.75, 3.05) is 12.5 Å². The van der Waals surface area contributed by atoms with Crippen LogP contribution in [0, 0.1) is 5.82 Å². The van der Waals surface area contributed by atoms with Crippen molar-refractivity contribution < 1.29 is 18.7 Å². The van der Waals surface area contributed by atoms with Gasteiger partial charge in [0.05, 0.1) is 19.0 Å². The minimum absolute atomic E-state index is 0.308. The van der Waals surface area contributed by atoms with E-state index < -0.39 is 5.97 Å². The average Bonchev–Trinajstić information content (AvgIpc) is 3.19. The summed E-state index contributed by atoms with van der Waals surface area (Å²) >= 11 is 1.31. The summed E-state index contributed by atoms with van der Waals surface area (Å²) in [5.41, 5.74) is 4.21. The molecule has 0 fully saturated rings. The number of rotatable bonds is 6. The second kappa shape index (κ2) is 8.26. The number of hydrazone groups is 1. The summed E-state index contributed by atoms with van der Waals surface area (Å²) < 4.78 is 23.5. The topological polar surface area (TPSA) is 59.9 Å². The second-order valence-electron chi connectivity index (χ2n) is 5.15. The van der Waals surface area contributed by atoms with Crippen LogP contribution < -0.4 is 14.9 Å². The summed E-state index contributed by atoms with van der Waals surface area (Å²) in [5.74, 6) is 0.00447. The summed E-state index contributed by atoms with van der Waals surface area (Å²) in [6.45, 7) is 0. The number of esters is 1. The number of hydrogen-bond donors (Lipinski definition) is 1. The molecule has 132 valence electrons. The van der Waals surface area contributed by atoms with Gasteiger partial charge in [-0.05, 0) is 59.5 Å². The van der Waals surface area contributed by atoms with Crippen LogP contribution in [0.4, 0.5) is 10.1 Å². The monoisotopic (exact) mass is 370 g/mol. The molecule has 0 aliphatic heterocycles. The zero-order valence-electron chi connectivity index (χ0n) is 13.8. The molecule has 7 heteroatoms. The van der Waals surface area contributed by atoms with Gasteiger partial charge in [-0.1, -0.05) is 6.07 Å². The molecule has 2 aromatic carbocycles. The lowest BCUT2D eigenvalue weighted by molar-refractivity contribution is 0.0735. The van der Waals surface area contributed by atoms with Gasteiger partial charge in [0.1, 0.15) is 10.7 Å². The SMILES string of the molecule is COc1cc(/C=N\Nc2ccc(F)cc2)ccc1OC(=O)c1cccs1. The largest absolute Gasteiger partial charge is 0.493 e. The molecule has 0 atom stereocenters. The van der Waals surface area contributed by atoms with Crippen molar-refractivity contribution in [3.8, 4) is 11.5 Å². The standard InChI is InChI=1S/C19H15FN2O3S/c1-24-17-11-13(12-21-22-15-7-5-14(20)6-8-15)4-9-16(17)25-19(23)18-3-2-10-26-18/h2-12,22H,1H3/b21-12-. The number of anilines is 1. The van der Waals surface area contributed by atoms with E-state index in [9.17, 15) is 9.18 Å². The van der Waals surface area contributed by atoms with E-state index in [1.165, 1.54) is 30.6 Å². The van der Waals surface area contributed by atoms with Crippen molar-refractivity contribution in [2.24, 2.45) is 5.10 Å². The van der Waals surface area contributed by atoms with E-state index in [4.69, 9.17) is 9.47 Å². The number of benzene rings is 2. The van der Waals surface area contributed by atoms with E-state index in [0.29, 0.717) is 22.1 Å². The van der Waals surface area contributed by atoms with Gasteiger partial charge in [0.2, 0.25) is 0 Å². The van der Waals surface area contributed by atoms with Crippen LogP contribution in [0.5, 0.6) is 11.5 Å². The molecule has 0 unspecified atom stereocenters. The Morgan fingerprint density at radius 3 is 2.65 bits per heavy atom. The lowest BCUT2D eigenvalue weighted by Crippen LogP contribution is -2.07. The molecule has 0 aliphatic carbocycles. The first-order valence-electron chi connectivity index (χ1n) is 7.64. The Balaban J connectivity index is 1.68. The second-order valence-corrected chi connectivity index (χ2v) is 6.10. The highest BCUT2D eigenvalue weighted by atomic mass is 32.1. The van der Waals surface area contributed by atoms with Crippen molar-refractivity contribution in [3.63, 3.8) is 0 Å². The molecule has 1 heterocycles. The summed E-state index contributed by atoms with van der Waals surface area (Å²) in [6, 6.07) is 14.4. The molecule has 3 rings (SSSR count). The highest BCUT2D eigenvalue weighted by Gasteiger charge is 2.13. The Kier molecular flexibility index (Phi) is 5.60. The van der Waals surface area contributed by atoms with Gasteiger partial charge in [-0.3, -0.25) is 5.43 Å². The Labute approximate surface area is 153 Å². The molecule has 0 amide bonds. The van der Waals surface area contributed by atoms with E-state index in [1.54, 1.807) is 48.7 Å². The third-order valence-electron chi connectivity index (χ3n) is 3.36. The van der Waals surface area contributed by atoms with Crippen molar-refractivity contribution >= 4 is 29.2 Å². The summed E-state index contributed by atoms with van der Waals surface area (Å²) in [5, 5.41) is 5.90. The minimum Gasteiger partial charge on any atom is -0.493 e. The van der Waals surface area contributed by atoms with Gasteiger partial charge in [0.25, 0.3) is 0 Å². The third kappa shape index (κ3) is 4.46. The number of thiophene rings is 1. The maximum Gasteiger partial charge on any atom is 0.353 e. The van der Waals surface area contributed by atoms with Gasteiger partial charge in [-0.25, -0.2) is 9.18 Å². The summed E-state index contributed by atoms with van der Waals surface area (Å²) in [6.07, 6.45) is 1.58. The van der Waals surface area contributed by atoms with Gasteiger partial charge in [-0.2, -0.15) is 5.10 Å². The number of carbonyl (C=O) groups is 1. The third-order valence-corrected chi connectivity index (χ3v) is 4.21. The van der Waals surface area contributed by atoms with Crippen LogP contribution in [0.25, 0.3) is 0 Å². The molecule has 0 radical (unpaired) electrons. The molecule has 1 aromatic heterocycles. The number of hydrogen-bond acceptors (Lipinski definition) is 6. The Morgan fingerprint density at radius 1 is 1.15 bits per heavy atom. The number of ether oxygens (including phenoxy) is 2. The normalized spacial score (nSPS) is 10.7. The van der Waals surface area contributed by atoms with E-state index in [2.05, 4.69) is 10.5 Å². The molecule has 5 nitrogen and oxygen atoms in total. The van der Waals surface area contributed by atoms with Crippen LogP contribution in [0.1, 0.15) is 15.2 Å². The van der Waals surface area contributed by atoms with E-state index >= 15 is 0 Å². The van der Waals surface area contributed by atoms with Crippen molar-refractivity contribution in [1.82, 2.24) is 0 Å². The number of nitrogens with zero attached hydrogens (tertiary/aromatic N) is 1. The lowest BCUT2D eigenvalue weighted by Gasteiger charge is -2.09. The molecule has 26 heavy (non-hydrogen) atoms. The maximum absolute atomic E-state index is 12.9. The molecule has 0 aliphatic rings. The highest BCUT2D eigenvalue weighted by molar-refractivity contribution is 7.12. The molecule has 3 aromatic rings. The van der Waals surface area contributed by atoms with Crippen LogP contribution in [0.3, 0.4) is 0 Å². The number of carbonyl (C=O) groups excluding carboxylic acids is 1. The van der Waals surface area contributed by atoms with Crippen LogP contribution in [0.15, 0.2) is 65.1 Å². The first kappa shape index (κ1) is 17.6. The molecular formula is C19H15FN2O3S. The fraction of sp³-hybridized carbons (Fsp3) is 0.0526. The summed E-state index contributed by atoms with van der Waals surface area (Å²) in [4.78, 5) is 12.6. The smallest absolute Gasteiger partial charge is 0.353 e. The zero-order valence-corrected chi connectivity index (χ0v) is 14.6. The minimum atomic E-state index is -0.433. The van der Waals surface area contributed by atoms with Crippen molar-refractivity contribution in [2.45, 2.75) is 0 Å². The Morgan fingerprint density at radius 2 is 1.96 bits per heavy atom. The quantitative estimate of drug-likeness (QED) is 0.299. The Hall–Kier alpha value is -3.19. The average molecular weight is 370 g/mol. The number of halogens is 1. The molecule has 0 spiro atoms. The van der Waals surface area contributed by atoms with Gasteiger partial charge in [0.15, 0.2) is 11.5 Å². The maximum atomic E-state index is 12.9. The van der Waals surface area contributed by atoms with Gasteiger partial charge < -0.3 is 9.47 Å². The van der Waals surface area contributed by atoms with Gasteiger partial charge in [-0.15, -0.1) is 11.3 Å². The zero-order chi connectivity index (χ0) is 18.4. The lowest BCUT2D eigenvalue weighted by atomic mass is 10.2. The fourth-order valence-corrected chi connectivity index (χ4v) is 2.70. The molecule has 0 bridgehead atoms. The molecular weight excluding hydrogens is 355 g/mol. The predicted octanol–water partition coefficient (Wildman–Crippen LogP) is 4.56. The van der Waals surface area contributed by atoms with Crippen LogP contribution >= 0.6 is 11.3 Å². The van der Waals surface area contributed by atoms with Crippen LogP contribution in [-0.2, 0) is 0 Å². The predicted molar refractivity (Wildman–Crippen MR) is 99.9 cm³/mol. The van der Waals surface area contributed by atoms with Gasteiger partial charge in [0, 0.05) is 0 Å². The number of methoxy groups -OCH3 is 1. The van der Waals surface area contributed by atoms with Crippen molar-refractivity contribution in [1.29, 1.82) is 0 Å². The van der Waals surface area contributed by atoms with Crippen LogP contribution in [0.2, 0.25) is 0 Å². The van der Waals surface area contributed by atoms with E-state index in [1.807, 2.05) is 5.38 Å². The van der Waals surface area contributed by atoms with Crippen LogP contribution in [-0.4, -0.2) is 19.3 Å². The van der Waals surface area contributed by atoms with Gasteiger partial charge >= 0.3 is 5.97 Å². The summed E-state index contributed by atoms with van der Waals surface area (Å²) in [7, 11) is 1.50. The Bertz CT molecular complexity index is 909. The molecule has 0 saturated heterocycles. The highest BCUT2D eigenvalue weighted by Crippen LogP contribution is 2.28. The molecule has 1 N–H and O–H groups in total.